The van der Waals surface area contributed by atoms with Crippen molar-refractivity contribution >= 4 is 0 Å². The van der Waals surface area contributed by atoms with Crippen LogP contribution in [0.1, 0.15) is 70.6 Å². The molecule has 0 heterocycles. The Kier molecular flexibility index (Phi) is 2.12. The molecule has 6 bridgehead atoms. The largest absolute Gasteiger partial charge is 0.0499 e. The molecule has 100 valence electrons. The van der Waals surface area contributed by atoms with E-state index in [-0.39, 0.29) is 0 Å². The fourth-order valence-corrected chi connectivity index (χ4v) is 7.71. The lowest BCUT2D eigenvalue weighted by Gasteiger charge is -2.63. The van der Waals surface area contributed by atoms with E-state index in [9.17, 15) is 0 Å². The van der Waals surface area contributed by atoms with Gasteiger partial charge < -0.3 is 0 Å². The lowest BCUT2D eigenvalue weighted by Crippen LogP contribution is -2.54. The SMILES string of the molecule is C1CC2(C3C4CC5CC(C4)CC3C5)CCC1CC2. The highest BCUT2D eigenvalue weighted by molar-refractivity contribution is 5.06. The van der Waals surface area contributed by atoms with Gasteiger partial charge in [0.1, 0.15) is 0 Å². The molecule has 0 atom stereocenters. The van der Waals surface area contributed by atoms with Crippen molar-refractivity contribution in [1.82, 2.24) is 0 Å². The van der Waals surface area contributed by atoms with Crippen molar-refractivity contribution < 1.29 is 0 Å². The summed E-state index contributed by atoms with van der Waals surface area (Å²) in [7, 11) is 0. The molecule has 7 rings (SSSR count). The van der Waals surface area contributed by atoms with Crippen LogP contribution in [-0.4, -0.2) is 0 Å². The highest BCUT2D eigenvalue weighted by atomic mass is 14.6. The quantitative estimate of drug-likeness (QED) is 0.607. The Labute approximate surface area is 112 Å². The summed E-state index contributed by atoms with van der Waals surface area (Å²) in [5, 5.41) is 0. The first-order chi connectivity index (χ1) is 8.82. The van der Waals surface area contributed by atoms with Crippen LogP contribution in [-0.2, 0) is 0 Å². The van der Waals surface area contributed by atoms with Gasteiger partial charge in [0.25, 0.3) is 0 Å². The molecule has 7 saturated carbocycles. The third kappa shape index (κ3) is 1.33. The van der Waals surface area contributed by atoms with Gasteiger partial charge in [-0.05, 0) is 112 Å². The van der Waals surface area contributed by atoms with Gasteiger partial charge in [0.05, 0.1) is 0 Å². The Morgan fingerprint density at radius 1 is 0.556 bits per heavy atom. The van der Waals surface area contributed by atoms with Crippen molar-refractivity contribution in [2.75, 3.05) is 0 Å². The second kappa shape index (κ2) is 3.55. The van der Waals surface area contributed by atoms with Crippen LogP contribution in [0.3, 0.4) is 0 Å². The molecule has 7 aliphatic carbocycles. The minimum absolute atomic E-state index is 0.858. The first-order valence-electron chi connectivity index (χ1n) is 8.82. The number of fused-ring (bicyclic) bond motifs is 3. The van der Waals surface area contributed by atoms with Crippen LogP contribution in [0.2, 0.25) is 0 Å². The van der Waals surface area contributed by atoms with E-state index >= 15 is 0 Å². The van der Waals surface area contributed by atoms with E-state index in [2.05, 4.69) is 0 Å². The summed E-state index contributed by atoms with van der Waals surface area (Å²) in [6, 6.07) is 0. The molecule has 0 aromatic carbocycles. The van der Waals surface area contributed by atoms with E-state index in [0.29, 0.717) is 0 Å². The fourth-order valence-electron chi connectivity index (χ4n) is 7.71. The maximum Gasteiger partial charge on any atom is -0.0264 e. The monoisotopic (exact) mass is 244 g/mol. The van der Waals surface area contributed by atoms with Crippen LogP contribution >= 0.6 is 0 Å². The van der Waals surface area contributed by atoms with Crippen LogP contribution < -0.4 is 0 Å². The van der Waals surface area contributed by atoms with Crippen LogP contribution in [0.15, 0.2) is 0 Å². The Bertz CT molecular complexity index is 305. The molecular weight excluding hydrogens is 216 g/mol. The molecule has 7 aliphatic rings. The molecule has 0 unspecified atom stereocenters. The van der Waals surface area contributed by atoms with Crippen LogP contribution in [0.5, 0.6) is 0 Å². The zero-order valence-corrected chi connectivity index (χ0v) is 11.7. The van der Waals surface area contributed by atoms with Crippen LogP contribution in [0.4, 0.5) is 0 Å². The van der Waals surface area contributed by atoms with Crippen LogP contribution in [0.25, 0.3) is 0 Å². The van der Waals surface area contributed by atoms with Gasteiger partial charge in [0.2, 0.25) is 0 Å². The zero-order valence-electron chi connectivity index (χ0n) is 11.7. The molecule has 0 aromatic heterocycles. The fraction of sp³-hybridized carbons (Fsp3) is 1.00. The molecular formula is C18H28. The third-order valence-electron chi connectivity index (χ3n) is 8.09. The summed E-state index contributed by atoms with van der Waals surface area (Å²) >= 11 is 0. The van der Waals surface area contributed by atoms with Crippen molar-refractivity contribution in [2.45, 2.75) is 70.6 Å². The molecule has 0 nitrogen and oxygen atoms in total. The molecule has 7 fully saturated rings. The molecule has 0 aliphatic heterocycles. The highest BCUT2D eigenvalue weighted by Crippen LogP contribution is 2.66. The standard InChI is InChI=1S/C18H28/c1-4-18(5-2-12(1)3-6-18)17-15-8-13-7-14(10-15)11-16(17)9-13/h12-17H,1-11H2. The van der Waals surface area contributed by atoms with E-state index in [1.54, 1.807) is 70.6 Å². The predicted molar refractivity (Wildman–Crippen MR) is 74.2 cm³/mol. The average Bonchev–Trinajstić information content (AvgIpc) is 2.39. The lowest BCUT2D eigenvalue weighted by molar-refractivity contribution is -0.130. The van der Waals surface area contributed by atoms with Gasteiger partial charge in [-0.15, -0.1) is 0 Å². The molecule has 0 aromatic rings. The maximum absolute atomic E-state index is 1.64. The first-order valence-corrected chi connectivity index (χ1v) is 8.82. The third-order valence-corrected chi connectivity index (χ3v) is 8.09. The van der Waals surface area contributed by atoms with E-state index in [0.717, 1.165) is 11.3 Å². The smallest absolute Gasteiger partial charge is 0.0264 e. The number of hydrogen-bond donors (Lipinski definition) is 0. The second-order valence-corrected chi connectivity index (χ2v) is 8.80. The summed E-state index contributed by atoms with van der Waals surface area (Å²) in [6.45, 7) is 0. The Hall–Kier alpha value is 0. The van der Waals surface area contributed by atoms with Crippen molar-refractivity contribution in [3.63, 3.8) is 0 Å². The summed E-state index contributed by atoms with van der Waals surface area (Å²) in [5.74, 6) is 7.02. The van der Waals surface area contributed by atoms with Crippen LogP contribution in [0, 0.1) is 40.9 Å². The minimum Gasteiger partial charge on any atom is -0.0499 e. The number of rotatable bonds is 1. The molecule has 0 heteroatoms. The van der Waals surface area contributed by atoms with Crippen molar-refractivity contribution in [1.29, 1.82) is 0 Å². The van der Waals surface area contributed by atoms with Gasteiger partial charge in [0.15, 0.2) is 0 Å². The Morgan fingerprint density at radius 3 is 1.56 bits per heavy atom. The first kappa shape index (κ1) is 10.7. The van der Waals surface area contributed by atoms with E-state index < -0.39 is 0 Å². The average molecular weight is 244 g/mol. The summed E-state index contributed by atoms with van der Waals surface area (Å²) in [4.78, 5) is 0. The summed E-state index contributed by atoms with van der Waals surface area (Å²) < 4.78 is 0. The normalized spacial score (nSPS) is 61.3. The van der Waals surface area contributed by atoms with Gasteiger partial charge in [-0.3, -0.25) is 0 Å². The molecule has 0 saturated heterocycles. The maximum atomic E-state index is 1.64. The van der Waals surface area contributed by atoms with Crippen molar-refractivity contribution in [3.8, 4) is 0 Å². The zero-order chi connectivity index (χ0) is 11.7. The van der Waals surface area contributed by atoms with Gasteiger partial charge in [-0.1, -0.05) is 0 Å². The van der Waals surface area contributed by atoms with Crippen molar-refractivity contribution in [3.05, 3.63) is 0 Å². The molecule has 0 N–H and O–H groups in total. The van der Waals surface area contributed by atoms with E-state index in [4.69, 9.17) is 0 Å². The van der Waals surface area contributed by atoms with Crippen molar-refractivity contribution in [2.24, 2.45) is 40.9 Å². The summed E-state index contributed by atoms with van der Waals surface area (Å²) in [6.07, 6.45) is 17.9. The molecule has 0 spiro atoms. The molecule has 0 radical (unpaired) electrons. The Morgan fingerprint density at radius 2 is 1.06 bits per heavy atom. The lowest BCUT2D eigenvalue weighted by atomic mass is 9.42. The van der Waals surface area contributed by atoms with Gasteiger partial charge in [0, 0.05) is 0 Å². The second-order valence-electron chi connectivity index (χ2n) is 8.80. The van der Waals surface area contributed by atoms with E-state index in [1.807, 2.05) is 0 Å². The Balaban J connectivity index is 1.49. The topological polar surface area (TPSA) is 0 Å². The number of hydrogen-bond acceptors (Lipinski definition) is 0. The van der Waals surface area contributed by atoms with Gasteiger partial charge >= 0.3 is 0 Å². The van der Waals surface area contributed by atoms with Gasteiger partial charge in [-0.25, -0.2) is 0 Å². The predicted octanol–water partition coefficient (Wildman–Crippen LogP) is 5.03. The van der Waals surface area contributed by atoms with Gasteiger partial charge in [-0.2, -0.15) is 0 Å². The minimum atomic E-state index is 0.858. The molecule has 0 amide bonds. The summed E-state index contributed by atoms with van der Waals surface area (Å²) in [5.41, 5.74) is 0.858. The highest BCUT2D eigenvalue weighted by Gasteiger charge is 2.57. The molecule has 18 heavy (non-hydrogen) atoms. The van der Waals surface area contributed by atoms with E-state index in [1.165, 1.54) is 29.6 Å².